The van der Waals surface area contributed by atoms with Gasteiger partial charge in [0.2, 0.25) is 0 Å². The van der Waals surface area contributed by atoms with E-state index in [2.05, 4.69) is 54.0 Å². The standard InChI is InChI=1S/C17H24N2S/c1-2-15-10-11-20-17(15)13-19-12-16(18)9-8-14-6-4-3-5-7-14/h3-7,10-11,16,19H,2,8-9,12-13,18H2,1H3. The van der Waals surface area contributed by atoms with Gasteiger partial charge in [0.25, 0.3) is 0 Å². The fraction of sp³-hybridized carbons (Fsp3) is 0.412. The molecule has 108 valence electrons. The lowest BCUT2D eigenvalue weighted by atomic mass is 10.1. The number of thiophene rings is 1. The van der Waals surface area contributed by atoms with Crippen LogP contribution in [0.2, 0.25) is 0 Å². The maximum Gasteiger partial charge on any atom is 0.0303 e. The van der Waals surface area contributed by atoms with Crippen molar-refractivity contribution in [1.29, 1.82) is 0 Å². The smallest absolute Gasteiger partial charge is 0.0303 e. The molecule has 0 aliphatic heterocycles. The van der Waals surface area contributed by atoms with Gasteiger partial charge in [-0.25, -0.2) is 0 Å². The zero-order valence-electron chi connectivity index (χ0n) is 12.1. The van der Waals surface area contributed by atoms with Crippen molar-refractivity contribution in [2.75, 3.05) is 6.54 Å². The Morgan fingerprint density at radius 1 is 1.20 bits per heavy atom. The molecule has 0 fully saturated rings. The van der Waals surface area contributed by atoms with E-state index >= 15 is 0 Å². The third kappa shape index (κ3) is 4.75. The van der Waals surface area contributed by atoms with E-state index < -0.39 is 0 Å². The number of nitrogens with two attached hydrogens (primary N) is 1. The minimum atomic E-state index is 0.222. The average molecular weight is 288 g/mol. The molecule has 3 heteroatoms. The Labute approximate surface area is 126 Å². The van der Waals surface area contributed by atoms with Gasteiger partial charge in [-0.05, 0) is 41.8 Å². The van der Waals surface area contributed by atoms with Crippen molar-refractivity contribution < 1.29 is 0 Å². The van der Waals surface area contributed by atoms with Crippen LogP contribution in [0.4, 0.5) is 0 Å². The van der Waals surface area contributed by atoms with Crippen LogP contribution in [-0.2, 0) is 19.4 Å². The first kappa shape index (κ1) is 15.2. The summed E-state index contributed by atoms with van der Waals surface area (Å²) in [6.07, 6.45) is 3.20. The Kier molecular flexibility index (Phi) is 6.25. The number of nitrogens with one attached hydrogen (secondary N) is 1. The van der Waals surface area contributed by atoms with Crippen molar-refractivity contribution in [2.24, 2.45) is 5.73 Å². The summed E-state index contributed by atoms with van der Waals surface area (Å²) in [5.74, 6) is 0. The Morgan fingerprint density at radius 3 is 2.75 bits per heavy atom. The number of hydrogen-bond donors (Lipinski definition) is 2. The Morgan fingerprint density at radius 2 is 2.00 bits per heavy atom. The fourth-order valence-electron chi connectivity index (χ4n) is 2.31. The minimum Gasteiger partial charge on any atom is -0.327 e. The summed E-state index contributed by atoms with van der Waals surface area (Å²) in [5, 5.41) is 5.66. The SMILES string of the molecule is CCc1ccsc1CNCC(N)CCc1ccccc1. The summed E-state index contributed by atoms with van der Waals surface area (Å²) in [7, 11) is 0. The van der Waals surface area contributed by atoms with Gasteiger partial charge in [-0.2, -0.15) is 0 Å². The van der Waals surface area contributed by atoms with Gasteiger partial charge in [-0.1, -0.05) is 37.3 Å². The highest BCUT2D eigenvalue weighted by atomic mass is 32.1. The molecule has 0 spiro atoms. The molecule has 0 aliphatic carbocycles. The first-order chi connectivity index (χ1) is 9.79. The zero-order chi connectivity index (χ0) is 14.2. The molecule has 0 saturated heterocycles. The van der Waals surface area contributed by atoms with Gasteiger partial charge in [0.1, 0.15) is 0 Å². The lowest BCUT2D eigenvalue weighted by molar-refractivity contribution is 0.545. The maximum absolute atomic E-state index is 6.17. The average Bonchev–Trinajstić information content (AvgIpc) is 2.94. The highest BCUT2D eigenvalue weighted by molar-refractivity contribution is 7.10. The van der Waals surface area contributed by atoms with Crippen LogP contribution in [0.25, 0.3) is 0 Å². The van der Waals surface area contributed by atoms with Gasteiger partial charge < -0.3 is 11.1 Å². The number of rotatable bonds is 8. The van der Waals surface area contributed by atoms with E-state index in [-0.39, 0.29) is 6.04 Å². The molecule has 0 radical (unpaired) electrons. The summed E-state index contributed by atoms with van der Waals surface area (Å²) in [4.78, 5) is 1.45. The number of benzene rings is 1. The summed E-state index contributed by atoms with van der Waals surface area (Å²) in [6, 6.07) is 13.0. The molecule has 0 aliphatic rings. The number of hydrogen-bond acceptors (Lipinski definition) is 3. The van der Waals surface area contributed by atoms with E-state index in [9.17, 15) is 0 Å². The molecule has 1 unspecified atom stereocenters. The Balaban J connectivity index is 1.66. The zero-order valence-corrected chi connectivity index (χ0v) is 13.0. The van der Waals surface area contributed by atoms with Gasteiger partial charge in [0, 0.05) is 24.0 Å². The van der Waals surface area contributed by atoms with Crippen molar-refractivity contribution in [2.45, 2.75) is 38.8 Å². The molecular formula is C17H24N2S. The minimum absolute atomic E-state index is 0.222. The van der Waals surface area contributed by atoms with Crippen LogP contribution in [0, 0.1) is 0 Å². The fourth-order valence-corrected chi connectivity index (χ4v) is 3.25. The first-order valence-electron chi connectivity index (χ1n) is 7.35. The second kappa shape index (κ2) is 8.20. The molecule has 0 bridgehead atoms. The Hall–Kier alpha value is -1.16. The molecule has 1 heterocycles. The molecule has 2 rings (SSSR count). The molecule has 1 aromatic carbocycles. The van der Waals surface area contributed by atoms with Crippen LogP contribution in [0.5, 0.6) is 0 Å². The molecule has 1 atom stereocenters. The first-order valence-corrected chi connectivity index (χ1v) is 8.23. The summed E-state index contributed by atoms with van der Waals surface area (Å²) in [6.45, 7) is 4.03. The van der Waals surface area contributed by atoms with Crippen molar-refractivity contribution in [3.05, 3.63) is 57.8 Å². The summed E-state index contributed by atoms with van der Waals surface area (Å²) in [5.41, 5.74) is 9.00. The van der Waals surface area contributed by atoms with Crippen molar-refractivity contribution in [1.82, 2.24) is 5.32 Å². The molecule has 1 aromatic heterocycles. The lowest BCUT2D eigenvalue weighted by Crippen LogP contribution is -2.33. The van der Waals surface area contributed by atoms with E-state index in [1.165, 1.54) is 16.0 Å². The molecular weight excluding hydrogens is 264 g/mol. The normalized spacial score (nSPS) is 12.5. The van der Waals surface area contributed by atoms with E-state index in [0.717, 1.165) is 32.4 Å². The monoisotopic (exact) mass is 288 g/mol. The van der Waals surface area contributed by atoms with Gasteiger partial charge in [0.05, 0.1) is 0 Å². The molecule has 2 nitrogen and oxygen atoms in total. The second-order valence-electron chi connectivity index (χ2n) is 5.14. The molecule has 20 heavy (non-hydrogen) atoms. The largest absolute Gasteiger partial charge is 0.327 e. The van der Waals surface area contributed by atoms with Gasteiger partial charge in [-0.3, -0.25) is 0 Å². The van der Waals surface area contributed by atoms with E-state index in [0.29, 0.717) is 0 Å². The topological polar surface area (TPSA) is 38.0 Å². The highest BCUT2D eigenvalue weighted by Crippen LogP contribution is 2.16. The van der Waals surface area contributed by atoms with Crippen molar-refractivity contribution >= 4 is 11.3 Å². The molecule has 0 saturated carbocycles. The van der Waals surface area contributed by atoms with E-state index in [4.69, 9.17) is 5.73 Å². The number of aryl methyl sites for hydroxylation is 2. The predicted molar refractivity (Wildman–Crippen MR) is 88.1 cm³/mol. The van der Waals surface area contributed by atoms with E-state index in [1.807, 2.05) is 11.3 Å². The second-order valence-corrected chi connectivity index (χ2v) is 6.14. The van der Waals surface area contributed by atoms with Crippen LogP contribution in [0.3, 0.4) is 0 Å². The summed E-state index contributed by atoms with van der Waals surface area (Å²) >= 11 is 1.83. The van der Waals surface area contributed by atoms with Crippen molar-refractivity contribution in [3.8, 4) is 0 Å². The maximum atomic E-state index is 6.17. The van der Waals surface area contributed by atoms with Crippen molar-refractivity contribution in [3.63, 3.8) is 0 Å². The van der Waals surface area contributed by atoms with Crippen LogP contribution in [-0.4, -0.2) is 12.6 Å². The van der Waals surface area contributed by atoms with Crippen LogP contribution >= 0.6 is 11.3 Å². The van der Waals surface area contributed by atoms with Gasteiger partial charge >= 0.3 is 0 Å². The van der Waals surface area contributed by atoms with Crippen LogP contribution in [0.1, 0.15) is 29.3 Å². The quantitative estimate of drug-likeness (QED) is 0.781. The van der Waals surface area contributed by atoms with Gasteiger partial charge in [-0.15, -0.1) is 11.3 Å². The lowest BCUT2D eigenvalue weighted by Gasteiger charge is -2.13. The third-order valence-electron chi connectivity index (χ3n) is 3.56. The summed E-state index contributed by atoms with van der Waals surface area (Å²) < 4.78 is 0. The third-order valence-corrected chi connectivity index (χ3v) is 4.52. The van der Waals surface area contributed by atoms with Crippen LogP contribution < -0.4 is 11.1 Å². The Bertz CT molecular complexity index is 493. The molecule has 3 N–H and O–H groups in total. The van der Waals surface area contributed by atoms with E-state index in [1.54, 1.807) is 0 Å². The highest BCUT2D eigenvalue weighted by Gasteiger charge is 2.05. The molecule has 0 amide bonds. The van der Waals surface area contributed by atoms with Gasteiger partial charge in [0.15, 0.2) is 0 Å². The predicted octanol–water partition coefficient (Wildman–Crippen LogP) is 3.36. The molecule has 2 aromatic rings. The van der Waals surface area contributed by atoms with Crippen LogP contribution in [0.15, 0.2) is 41.8 Å².